The van der Waals surface area contributed by atoms with E-state index in [1.165, 1.54) is 25.7 Å². The van der Waals surface area contributed by atoms with Crippen molar-refractivity contribution >= 4 is 32.8 Å². The van der Waals surface area contributed by atoms with Crippen LogP contribution >= 0.6 is 15.9 Å². The minimum absolute atomic E-state index is 0.627. The molecule has 1 atom stereocenters. The van der Waals surface area contributed by atoms with Crippen LogP contribution in [-0.2, 0) is 0 Å². The Labute approximate surface area is 128 Å². The second-order valence-electron chi connectivity index (χ2n) is 5.44. The fourth-order valence-corrected chi connectivity index (χ4v) is 3.40. The molecule has 1 aliphatic heterocycles. The number of benzene rings is 1. The lowest BCUT2D eigenvalue weighted by atomic mass is 10.1. The predicted molar refractivity (Wildman–Crippen MR) is 87.7 cm³/mol. The van der Waals surface area contributed by atoms with E-state index in [9.17, 15) is 0 Å². The fourth-order valence-electron chi connectivity index (χ4n) is 3.08. The van der Waals surface area contributed by atoms with Crippen molar-refractivity contribution in [3.8, 4) is 0 Å². The molecule has 1 saturated heterocycles. The highest BCUT2D eigenvalue weighted by Crippen LogP contribution is 2.29. The Kier molecular flexibility index (Phi) is 4.20. The molecule has 1 aliphatic rings. The summed E-state index contributed by atoms with van der Waals surface area (Å²) in [5, 5.41) is 1.08. The number of aryl methyl sites for hydroxylation is 1. The molecule has 0 saturated carbocycles. The number of hydrogen-bond donors (Lipinski definition) is 0. The molecule has 0 amide bonds. The molecule has 2 aromatic rings. The van der Waals surface area contributed by atoms with E-state index >= 15 is 0 Å². The first-order chi connectivity index (χ1) is 9.79. The van der Waals surface area contributed by atoms with Crippen LogP contribution in [-0.4, -0.2) is 27.9 Å². The van der Waals surface area contributed by atoms with Gasteiger partial charge in [0.15, 0.2) is 5.82 Å². The maximum atomic E-state index is 4.87. The van der Waals surface area contributed by atoms with E-state index in [-0.39, 0.29) is 0 Å². The van der Waals surface area contributed by atoms with Gasteiger partial charge < -0.3 is 4.90 Å². The third-order valence-electron chi connectivity index (χ3n) is 4.04. The quantitative estimate of drug-likeness (QED) is 0.789. The molecule has 2 heterocycles. The normalized spacial score (nSPS) is 18.9. The summed E-state index contributed by atoms with van der Waals surface area (Å²) in [6.45, 7) is 3.19. The van der Waals surface area contributed by atoms with E-state index in [0.717, 1.165) is 34.4 Å². The summed E-state index contributed by atoms with van der Waals surface area (Å²) >= 11 is 3.53. The largest absolute Gasteiger partial charge is 0.352 e. The molecular weight excluding hydrogens is 314 g/mol. The van der Waals surface area contributed by atoms with Crippen LogP contribution in [0, 0.1) is 6.92 Å². The zero-order chi connectivity index (χ0) is 13.9. The number of hydrogen-bond acceptors (Lipinski definition) is 3. The van der Waals surface area contributed by atoms with Crippen LogP contribution in [0.2, 0.25) is 0 Å². The topological polar surface area (TPSA) is 29.0 Å². The number of fused-ring (bicyclic) bond motifs is 1. The second-order valence-corrected chi connectivity index (χ2v) is 6.23. The van der Waals surface area contributed by atoms with Crippen LogP contribution in [0.4, 0.5) is 5.82 Å². The minimum atomic E-state index is 0.627. The number of alkyl halides is 1. The molecule has 3 nitrogen and oxygen atoms in total. The van der Waals surface area contributed by atoms with Crippen molar-refractivity contribution in [1.82, 2.24) is 9.97 Å². The molecule has 1 aromatic heterocycles. The van der Waals surface area contributed by atoms with Crippen LogP contribution in [0.3, 0.4) is 0 Å². The smallest absolute Gasteiger partial charge is 0.151 e. The van der Waals surface area contributed by atoms with E-state index in [1.807, 2.05) is 18.2 Å². The number of anilines is 1. The molecule has 4 heteroatoms. The fraction of sp³-hybridized carbons (Fsp3) is 0.500. The number of nitrogens with zero attached hydrogens (tertiary/aromatic N) is 3. The van der Waals surface area contributed by atoms with Gasteiger partial charge in [-0.15, -0.1) is 0 Å². The van der Waals surface area contributed by atoms with Crippen LogP contribution in [0.15, 0.2) is 24.3 Å². The summed E-state index contributed by atoms with van der Waals surface area (Å²) < 4.78 is 0. The van der Waals surface area contributed by atoms with Crippen LogP contribution in [0.5, 0.6) is 0 Å². The summed E-state index contributed by atoms with van der Waals surface area (Å²) in [4.78, 5) is 12.1. The molecule has 0 spiro atoms. The van der Waals surface area contributed by atoms with Crippen molar-refractivity contribution in [2.75, 3.05) is 16.8 Å². The second kappa shape index (κ2) is 6.08. The van der Waals surface area contributed by atoms with Crippen molar-refractivity contribution in [2.24, 2.45) is 0 Å². The van der Waals surface area contributed by atoms with Gasteiger partial charge in [-0.3, -0.25) is 0 Å². The van der Waals surface area contributed by atoms with Gasteiger partial charge in [0.2, 0.25) is 0 Å². The molecule has 1 fully saturated rings. The van der Waals surface area contributed by atoms with Gasteiger partial charge in [0.25, 0.3) is 0 Å². The molecule has 106 valence electrons. The Morgan fingerprint density at radius 3 is 2.75 bits per heavy atom. The Bertz CT molecular complexity index is 599. The van der Waals surface area contributed by atoms with Crippen molar-refractivity contribution in [1.29, 1.82) is 0 Å². The van der Waals surface area contributed by atoms with Gasteiger partial charge in [0.1, 0.15) is 0 Å². The summed E-state index contributed by atoms with van der Waals surface area (Å²) in [5.41, 5.74) is 3.04. The van der Waals surface area contributed by atoms with E-state index in [1.54, 1.807) is 0 Å². The molecule has 1 unspecified atom stereocenters. The Morgan fingerprint density at radius 2 is 2.00 bits per heavy atom. The average molecular weight is 334 g/mol. The molecule has 20 heavy (non-hydrogen) atoms. The summed E-state index contributed by atoms with van der Waals surface area (Å²) in [6, 6.07) is 8.76. The lowest BCUT2D eigenvalue weighted by molar-refractivity contribution is 0.599. The predicted octanol–water partition coefficient (Wildman–Crippen LogP) is 4.08. The highest BCUT2D eigenvalue weighted by Gasteiger charge is 2.26. The number of para-hydroxylation sites is 2. The first kappa shape index (κ1) is 13.8. The van der Waals surface area contributed by atoms with Crippen molar-refractivity contribution in [3.05, 3.63) is 30.0 Å². The maximum absolute atomic E-state index is 4.87. The van der Waals surface area contributed by atoms with Gasteiger partial charge >= 0.3 is 0 Å². The van der Waals surface area contributed by atoms with E-state index in [0.29, 0.717) is 6.04 Å². The van der Waals surface area contributed by atoms with Gasteiger partial charge in [-0.1, -0.05) is 28.1 Å². The van der Waals surface area contributed by atoms with Crippen LogP contribution in [0.1, 0.15) is 31.4 Å². The Balaban J connectivity index is 1.94. The molecule has 1 aromatic carbocycles. The average Bonchev–Trinajstić information content (AvgIpc) is 2.92. The van der Waals surface area contributed by atoms with E-state index in [4.69, 9.17) is 9.97 Å². The van der Waals surface area contributed by atoms with Crippen molar-refractivity contribution < 1.29 is 0 Å². The van der Waals surface area contributed by atoms with Crippen LogP contribution < -0.4 is 4.90 Å². The van der Waals surface area contributed by atoms with Gasteiger partial charge in [0.05, 0.1) is 16.7 Å². The van der Waals surface area contributed by atoms with Crippen molar-refractivity contribution in [3.63, 3.8) is 0 Å². The Morgan fingerprint density at radius 1 is 1.25 bits per heavy atom. The first-order valence-electron chi connectivity index (χ1n) is 7.35. The summed E-state index contributed by atoms with van der Waals surface area (Å²) in [7, 11) is 0. The summed E-state index contributed by atoms with van der Waals surface area (Å²) in [6.07, 6.45) is 5.00. The number of rotatable bonds is 4. The number of aromatic nitrogens is 2. The van der Waals surface area contributed by atoms with Gasteiger partial charge in [-0.25, -0.2) is 9.97 Å². The maximum Gasteiger partial charge on any atom is 0.151 e. The van der Waals surface area contributed by atoms with Crippen molar-refractivity contribution in [2.45, 2.75) is 38.6 Å². The monoisotopic (exact) mass is 333 g/mol. The zero-order valence-electron chi connectivity index (χ0n) is 11.8. The SMILES string of the molecule is Cc1nc2ccccc2nc1N1CCCC1CCCBr. The van der Waals surface area contributed by atoms with Gasteiger partial charge in [-0.05, 0) is 44.7 Å². The van der Waals surface area contributed by atoms with E-state index in [2.05, 4.69) is 33.8 Å². The van der Waals surface area contributed by atoms with Gasteiger partial charge in [0, 0.05) is 17.9 Å². The molecule has 3 rings (SSSR count). The first-order valence-corrected chi connectivity index (χ1v) is 8.48. The Hall–Kier alpha value is -1.16. The highest BCUT2D eigenvalue weighted by atomic mass is 79.9. The minimum Gasteiger partial charge on any atom is -0.352 e. The standard InChI is InChI=1S/C16H20BrN3/c1-12-16(19-15-9-3-2-8-14(15)18-12)20-11-5-7-13(20)6-4-10-17/h2-3,8-9,13H,4-7,10-11H2,1H3. The lowest BCUT2D eigenvalue weighted by Crippen LogP contribution is -2.31. The van der Waals surface area contributed by atoms with Gasteiger partial charge in [-0.2, -0.15) is 0 Å². The molecule has 0 radical (unpaired) electrons. The molecular formula is C16H20BrN3. The summed E-state index contributed by atoms with van der Waals surface area (Å²) in [5.74, 6) is 1.08. The molecule has 0 N–H and O–H groups in total. The lowest BCUT2D eigenvalue weighted by Gasteiger charge is -2.26. The third-order valence-corrected chi connectivity index (χ3v) is 4.60. The zero-order valence-corrected chi connectivity index (χ0v) is 13.4. The van der Waals surface area contributed by atoms with Crippen LogP contribution in [0.25, 0.3) is 11.0 Å². The highest BCUT2D eigenvalue weighted by molar-refractivity contribution is 9.09. The molecule has 0 bridgehead atoms. The van der Waals surface area contributed by atoms with E-state index < -0.39 is 0 Å². The third kappa shape index (κ3) is 2.66. The number of halogens is 1. The molecule has 0 aliphatic carbocycles.